The summed E-state index contributed by atoms with van der Waals surface area (Å²) in [5.74, 6) is -0.137. The van der Waals surface area contributed by atoms with E-state index < -0.39 is 35.6 Å². The number of aliphatic imine (C=N–C) groups is 1. The number of aromatic nitrogens is 1. The maximum atomic E-state index is 13.5. The first-order chi connectivity index (χ1) is 20.9. The van der Waals surface area contributed by atoms with Gasteiger partial charge in [0.25, 0.3) is 5.91 Å². The maximum Gasteiger partial charge on any atom is 0.416 e. The minimum absolute atomic E-state index is 0.0698. The molecule has 0 N–H and O–H groups in total. The number of amides is 1. The summed E-state index contributed by atoms with van der Waals surface area (Å²) in [7, 11) is 1.34. The zero-order valence-electron chi connectivity index (χ0n) is 23.3. The van der Waals surface area contributed by atoms with Crippen LogP contribution in [0.2, 0.25) is 0 Å². The van der Waals surface area contributed by atoms with Crippen LogP contribution in [0, 0.1) is 0 Å². The molecule has 0 aliphatic carbocycles. The van der Waals surface area contributed by atoms with Gasteiger partial charge in [0.05, 0.1) is 23.1 Å². The molecule has 1 fully saturated rings. The highest BCUT2D eigenvalue weighted by atomic mass is 32.2. The van der Waals surface area contributed by atoms with Crippen molar-refractivity contribution in [2.45, 2.75) is 25.5 Å². The first kappa shape index (κ1) is 31.4. The van der Waals surface area contributed by atoms with Crippen LogP contribution >= 0.6 is 11.8 Å². The van der Waals surface area contributed by atoms with Gasteiger partial charge >= 0.3 is 12.4 Å². The molecule has 1 aromatic heterocycles. The average molecular weight is 637 g/mol. The Morgan fingerprint density at radius 3 is 2.30 bits per heavy atom. The minimum Gasteiger partial charge on any atom is -0.493 e. The van der Waals surface area contributed by atoms with Gasteiger partial charge < -0.3 is 14.4 Å². The highest BCUT2D eigenvalue weighted by Crippen LogP contribution is 2.39. The fourth-order valence-electron chi connectivity index (χ4n) is 4.72. The lowest BCUT2D eigenvalue weighted by molar-refractivity contribution is -0.143. The summed E-state index contributed by atoms with van der Waals surface area (Å²) in [6.07, 6.45) is -4.77. The van der Waals surface area contributed by atoms with Crippen LogP contribution in [-0.2, 0) is 30.3 Å². The lowest BCUT2D eigenvalue weighted by Crippen LogP contribution is -2.47. The van der Waals surface area contributed by atoms with Gasteiger partial charge in [0, 0.05) is 50.7 Å². The van der Waals surface area contributed by atoms with Gasteiger partial charge in [0.1, 0.15) is 6.61 Å². The first-order valence-electron chi connectivity index (χ1n) is 13.4. The van der Waals surface area contributed by atoms with Crippen LogP contribution in [0.1, 0.15) is 27.8 Å². The number of carbonyl (C=O) groups excluding carboxylic acids is 1. The average Bonchev–Trinajstić information content (AvgIpc) is 3.35. The Morgan fingerprint density at radius 1 is 0.909 bits per heavy atom. The van der Waals surface area contributed by atoms with Crippen LogP contribution in [0.5, 0.6) is 11.5 Å². The molecule has 2 aliphatic rings. The number of nitrogens with zero attached hydrogens (tertiary/aromatic N) is 4. The molecule has 0 atom stereocenters. The monoisotopic (exact) mass is 636 g/mol. The number of ether oxygens (including phenoxy) is 2. The normalized spacial score (nSPS) is 17.2. The van der Waals surface area contributed by atoms with Crippen LogP contribution in [0.15, 0.2) is 70.8 Å². The molecule has 44 heavy (non-hydrogen) atoms. The number of amidine groups is 1. The second-order valence-corrected chi connectivity index (χ2v) is 11.0. The van der Waals surface area contributed by atoms with E-state index in [1.165, 1.54) is 30.5 Å². The van der Waals surface area contributed by atoms with Crippen molar-refractivity contribution in [2.24, 2.45) is 4.99 Å². The SMILES string of the molecule is COc1cc(/C=C2/SC(N3CCN(Cc4ccncc4)CC3)=NC2=O)ccc1OCc1ccc(C(F)(F)F)cc1C(F)(F)F. The molecule has 14 heteroatoms. The summed E-state index contributed by atoms with van der Waals surface area (Å²) < 4.78 is 90.4. The molecule has 7 nitrogen and oxygen atoms in total. The summed E-state index contributed by atoms with van der Waals surface area (Å²) in [6, 6.07) is 9.95. The van der Waals surface area contributed by atoms with E-state index in [-0.39, 0.29) is 23.5 Å². The summed E-state index contributed by atoms with van der Waals surface area (Å²) >= 11 is 1.26. The number of hydrogen-bond acceptors (Lipinski definition) is 7. The van der Waals surface area contributed by atoms with E-state index in [4.69, 9.17) is 9.47 Å². The lowest BCUT2D eigenvalue weighted by Gasteiger charge is -2.35. The molecule has 0 unspecified atom stereocenters. The molecule has 0 bridgehead atoms. The number of piperazine rings is 1. The topological polar surface area (TPSA) is 67.3 Å². The lowest BCUT2D eigenvalue weighted by atomic mass is 10.0. The summed E-state index contributed by atoms with van der Waals surface area (Å²) in [5, 5.41) is 0.619. The molecular weight excluding hydrogens is 610 g/mol. The van der Waals surface area contributed by atoms with Crippen molar-refractivity contribution in [1.82, 2.24) is 14.8 Å². The molecule has 0 spiro atoms. The van der Waals surface area contributed by atoms with Crippen molar-refractivity contribution >= 4 is 28.9 Å². The number of hydrogen-bond donors (Lipinski definition) is 0. The molecule has 232 valence electrons. The third-order valence-corrected chi connectivity index (χ3v) is 8.06. The first-order valence-corrected chi connectivity index (χ1v) is 14.2. The molecule has 2 aliphatic heterocycles. The third kappa shape index (κ3) is 7.53. The Labute approximate surface area is 253 Å². The molecule has 3 aromatic rings. The van der Waals surface area contributed by atoms with E-state index in [2.05, 4.69) is 19.8 Å². The standard InChI is InChI=1S/C30H26F6N4O3S/c1-42-25-14-20(2-5-24(25)43-18-21-3-4-22(29(31,32)33)16-23(21)30(34,35)36)15-26-27(41)38-28(44-26)40-12-10-39(11-13-40)17-19-6-8-37-9-7-19/h2-9,14-16H,10-13,17-18H2,1H3/b26-15+. The van der Waals surface area contributed by atoms with Gasteiger partial charge in [-0.1, -0.05) is 12.1 Å². The predicted molar refractivity (Wildman–Crippen MR) is 153 cm³/mol. The van der Waals surface area contributed by atoms with E-state index in [1.54, 1.807) is 30.6 Å². The smallest absolute Gasteiger partial charge is 0.416 e. The van der Waals surface area contributed by atoms with E-state index in [1.807, 2.05) is 12.1 Å². The summed E-state index contributed by atoms with van der Waals surface area (Å²) in [5.41, 5.74) is -1.56. The Kier molecular flexibility index (Phi) is 9.20. The van der Waals surface area contributed by atoms with Crippen molar-refractivity contribution in [2.75, 3.05) is 33.3 Å². The summed E-state index contributed by atoms with van der Waals surface area (Å²) in [6.45, 7) is 3.22. The molecule has 0 radical (unpaired) electrons. The van der Waals surface area contributed by atoms with Crippen LogP contribution in [0.4, 0.5) is 26.3 Å². The number of thioether (sulfide) groups is 1. The van der Waals surface area contributed by atoms with Crippen molar-refractivity contribution in [3.05, 3.63) is 93.6 Å². The third-order valence-electron chi connectivity index (χ3n) is 7.02. The number of halogens is 6. The molecule has 3 heterocycles. The molecule has 1 saturated heterocycles. The Bertz CT molecular complexity index is 1570. The number of carbonyl (C=O) groups is 1. The number of methoxy groups -OCH3 is 1. The second kappa shape index (κ2) is 12.9. The number of alkyl halides is 6. The van der Waals surface area contributed by atoms with Crippen LogP contribution in [-0.4, -0.2) is 59.1 Å². The molecular formula is C30H26F6N4O3S. The second-order valence-electron chi connectivity index (χ2n) is 10.00. The van der Waals surface area contributed by atoms with Gasteiger partial charge in [-0.2, -0.15) is 31.3 Å². The van der Waals surface area contributed by atoms with E-state index >= 15 is 0 Å². The van der Waals surface area contributed by atoms with Gasteiger partial charge in [0.15, 0.2) is 16.7 Å². The molecule has 2 aromatic carbocycles. The minimum atomic E-state index is -5.01. The van der Waals surface area contributed by atoms with E-state index in [9.17, 15) is 31.1 Å². The van der Waals surface area contributed by atoms with Gasteiger partial charge in [-0.25, -0.2) is 0 Å². The Morgan fingerprint density at radius 2 is 1.64 bits per heavy atom. The Balaban J connectivity index is 1.22. The highest BCUT2D eigenvalue weighted by Gasteiger charge is 2.38. The van der Waals surface area contributed by atoms with Crippen molar-refractivity contribution in [3.63, 3.8) is 0 Å². The van der Waals surface area contributed by atoms with Crippen molar-refractivity contribution < 1.29 is 40.6 Å². The highest BCUT2D eigenvalue weighted by molar-refractivity contribution is 8.18. The van der Waals surface area contributed by atoms with E-state index in [0.29, 0.717) is 34.8 Å². The van der Waals surface area contributed by atoms with Crippen molar-refractivity contribution in [3.8, 4) is 11.5 Å². The van der Waals surface area contributed by atoms with Crippen LogP contribution in [0.3, 0.4) is 0 Å². The van der Waals surface area contributed by atoms with Gasteiger partial charge in [-0.3, -0.25) is 14.7 Å². The predicted octanol–water partition coefficient (Wildman–Crippen LogP) is 6.49. The zero-order chi connectivity index (χ0) is 31.5. The largest absolute Gasteiger partial charge is 0.493 e. The van der Waals surface area contributed by atoms with Crippen LogP contribution in [0.25, 0.3) is 6.08 Å². The van der Waals surface area contributed by atoms with Crippen molar-refractivity contribution in [1.29, 1.82) is 0 Å². The molecule has 1 amide bonds. The Hall–Kier alpha value is -4.04. The number of rotatable bonds is 7. The van der Waals surface area contributed by atoms with Crippen LogP contribution < -0.4 is 9.47 Å². The van der Waals surface area contributed by atoms with Gasteiger partial charge in [0.2, 0.25) is 0 Å². The summed E-state index contributed by atoms with van der Waals surface area (Å²) in [4.78, 5) is 25.7. The maximum absolute atomic E-state index is 13.5. The quantitative estimate of drug-likeness (QED) is 0.217. The van der Waals surface area contributed by atoms with Gasteiger partial charge in [-0.05, 0) is 65.4 Å². The number of benzene rings is 2. The molecule has 5 rings (SSSR count). The fourth-order valence-corrected chi connectivity index (χ4v) is 5.68. The van der Waals surface area contributed by atoms with E-state index in [0.717, 1.165) is 25.7 Å². The van der Waals surface area contributed by atoms with Gasteiger partial charge in [-0.15, -0.1) is 0 Å². The zero-order valence-corrected chi connectivity index (χ0v) is 24.1. The fraction of sp³-hybridized carbons (Fsp3) is 0.300. The number of pyridine rings is 1. The molecule has 0 saturated carbocycles.